The van der Waals surface area contributed by atoms with E-state index in [9.17, 15) is 0 Å². The van der Waals surface area contributed by atoms with E-state index in [-0.39, 0.29) is 6.04 Å². The normalized spacial score (nSPS) is 14.2. The van der Waals surface area contributed by atoms with Crippen molar-refractivity contribution in [3.8, 4) is 23.0 Å². The predicted octanol–water partition coefficient (Wildman–Crippen LogP) is 3.96. The zero-order chi connectivity index (χ0) is 18.5. The third kappa shape index (κ3) is 4.05. The molecule has 1 unspecified atom stereocenters. The summed E-state index contributed by atoms with van der Waals surface area (Å²) in [4.78, 5) is 0. The molecule has 0 fully saturated rings. The number of hydrogen-bond donors (Lipinski definition) is 1. The van der Waals surface area contributed by atoms with E-state index in [0.29, 0.717) is 19.1 Å². The van der Waals surface area contributed by atoms with E-state index in [4.69, 9.17) is 18.9 Å². The van der Waals surface area contributed by atoms with Crippen molar-refractivity contribution in [2.45, 2.75) is 26.4 Å². The van der Waals surface area contributed by atoms with E-state index >= 15 is 0 Å². The van der Waals surface area contributed by atoms with Crippen LogP contribution in [0, 0.1) is 5.92 Å². The van der Waals surface area contributed by atoms with Crippen molar-refractivity contribution in [2.24, 2.45) is 5.92 Å². The minimum absolute atomic E-state index is 0.207. The molecule has 2 aromatic rings. The monoisotopic (exact) mass is 357 g/mol. The molecule has 1 aliphatic heterocycles. The van der Waals surface area contributed by atoms with Crippen molar-refractivity contribution < 1.29 is 18.9 Å². The summed E-state index contributed by atoms with van der Waals surface area (Å²) < 4.78 is 22.1. The summed E-state index contributed by atoms with van der Waals surface area (Å²) in [5.41, 5.74) is 2.34. The van der Waals surface area contributed by atoms with Crippen molar-refractivity contribution in [3.05, 3.63) is 47.5 Å². The average Bonchev–Trinajstić information content (AvgIpc) is 2.67. The van der Waals surface area contributed by atoms with E-state index in [0.717, 1.165) is 35.1 Å². The van der Waals surface area contributed by atoms with E-state index < -0.39 is 0 Å². The van der Waals surface area contributed by atoms with E-state index in [1.54, 1.807) is 14.2 Å². The molecule has 0 saturated carbocycles. The van der Waals surface area contributed by atoms with Crippen LogP contribution in [0.5, 0.6) is 23.0 Å². The van der Waals surface area contributed by atoms with Crippen molar-refractivity contribution in [1.82, 2.24) is 5.32 Å². The molecule has 0 amide bonds. The zero-order valence-electron chi connectivity index (χ0n) is 15.9. The second kappa shape index (κ2) is 8.32. The Morgan fingerprint density at radius 1 is 0.923 bits per heavy atom. The molecule has 1 N–H and O–H groups in total. The smallest absolute Gasteiger partial charge is 0.161 e. The summed E-state index contributed by atoms with van der Waals surface area (Å²) in [5.74, 6) is 3.56. The largest absolute Gasteiger partial charge is 0.493 e. The molecular formula is C21H27NO4. The van der Waals surface area contributed by atoms with Gasteiger partial charge in [0.1, 0.15) is 13.2 Å². The van der Waals surface area contributed by atoms with Crippen LogP contribution >= 0.6 is 0 Å². The fourth-order valence-corrected chi connectivity index (χ4v) is 3.21. The minimum Gasteiger partial charge on any atom is -0.493 e. The van der Waals surface area contributed by atoms with Crippen LogP contribution in [0.4, 0.5) is 0 Å². The Morgan fingerprint density at radius 2 is 1.65 bits per heavy atom. The lowest BCUT2D eigenvalue weighted by Crippen LogP contribution is -2.26. The number of hydrogen-bond acceptors (Lipinski definition) is 5. The molecule has 26 heavy (non-hydrogen) atoms. The third-order valence-electron chi connectivity index (χ3n) is 4.57. The number of methoxy groups -OCH3 is 2. The summed E-state index contributed by atoms with van der Waals surface area (Å²) in [6.07, 6.45) is 0. The van der Waals surface area contributed by atoms with Gasteiger partial charge in [-0.1, -0.05) is 26.0 Å². The molecule has 0 aromatic heterocycles. The molecule has 1 heterocycles. The van der Waals surface area contributed by atoms with Crippen molar-refractivity contribution in [3.63, 3.8) is 0 Å². The second-order valence-electron chi connectivity index (χ2n) is 6.70. The second-order valence-corrected chi connectivity index (χ2v) is 6.70. The van der Waals surface area contributed by atoms with Gasteiger partial charge < -0.3 is 24.3 Å². The summed E-state index contributed by atoms with van der Waals surface area (Å²) in [6.45, 7) is 6.36. The maximum absolute atomic E-state index is 5.73. The fourth-order valence-electron chi connectivity index (χ4n) is 3.21. The van der Waals surface area contributed by atoms with Gasteiger partial charge in [0, 0.05) is 12.6 Å². The van der Waals surface area contributed by atoms with Crippen LogP contribution in [-0.2, 0) is 6.54 Å². The molecule has 2 aromatic carbocycles. The molecule has 0 aliphatic carbocycles. The van der Waals surface area contributed by atoms with Crippen LogP contribution < -0.4 is 24.3 Å². The zero-order valence-corrected chi connectivity index (χ0v) is 15.9. The Labute approximate surface area is 155 Å². The molecular weight excluding hydrogens is 330 g/mol. The summed E-state index contributed by atoms with van der Waals surface area (Å²) in [7, 11) is 3.30. The number of nitrogens with one attached hydrogen (secondary N) is 1. The summed E-state index contributed by atoms with van der Waals surface area (Å²) >= 11 is 0. The maximum atomic E-state index is 5.73. The highest BCUT2D eigenvalue weighted by Gasteiger charge is 2.19. The van der Waals surface area contributed by atoms with E-state index in [2.05, 4.69) is 37.4 Å². The highest BCUT2D eigenvalue weighted by atomic mass is 16.6. The molecule has 5 nitrogen and oxygen atoms in total. The van der Waals surface area contributed by atoms with Gasteiger partial charge in [-0.15, -0.1) is 0 Å². The maximum Gasteiger partial charge on any atom is 0.161 e. The van der Waals surface area contributed by atoms with Gasteiger partial charge >= 0.3 is 0 Å². The SMILES string of the molecule is COc1ccc(CNC(c2ccc3c(c2)OCCO3)C(C)C)cc1OC. The van der Waals surface area contributed by atoms with Gasteiger partial charge in [0.25, 0.3) is 0 Å². The lowest BCUT2D eigenvalue weighted by Gasteiger charge is -2.25. The predicted molar refractivity (Wildman–Crippen MR) is 101 cm³/mol. The number of ether oxygens (including phenoxy) is 4. The first-order chi connectivity index (χ1) is 12.6. The van der Waals surface area contributed by atoms with Crippen LogP contribution in [0.1, 0.15) is 31.0 Å². The first-order valence-corrected chi connectivity index (χ1v) is 8.96. The molecule has 0 saturated heterocycles. The standard InChI is InChI=1S/C21H27NO4/c1-14(2)21(16-6-8-18-20(12-16)26-10-9-25-18)22-13-15-5-7-17(23-3)19(11-15)24-4/h5-8,11-12,14,21-22H,9-10,13H2,1-4H3. The number of rotatable bonds is 7. The highest BCUT2D eigenvalue weighted by Crippen LogP contribution is 2.34. The van der Waals surface area contributed by atoms with Crippen molar-refractivity contribution in [1.29, 1.82) is 0 Å². The fraction of sp³-hybridized carbons (Fsp3) is 0.429. The van der Waals surface area contributed by atoms with Gasteiger partial charge in [0.2, 0.25) is 0 Å². The van der Waals surface area contributed by atoms with Gasteiger partial charge in [-0.3, -0.25) is 0 Å². The molecule has 0 spiro atoms. The summed E-state index contributed by atoms with van der Waals surface area (Å²) in [5, 5.41) is 3.65. The van der Waals surface area contributed by atoms with Crippen molar-refractivity contribution >= 4 is 0 Å². The van der Waals surface area contributed by atoms with Gasteiger partial charge in [0.15, 0.2) is 23.0 Å². The van der Waals surface area contributed by atoms with Crippen LogP contribution in [0.3, 0.4) is 0 Å². The first kappa shape index (κ1) is 18.4. The van der Waals surface area contributed by atoms with Gasteiger partial charge in [-0.25, -0.2) is 0 Å². The third-order valence-corrected chi connectivity index (χ3v) is 4.57. The topological polar surface area (TPSA) is 49.0 Å². The molecule has 0 radical (unpaired) electrons. The Balaban J connectivity index is 1.75. The van der Waals surface area contributed by atoms with E-state index in [1.807, 2.05) is 18.2 Å². The van der Waals surface area contributed by atoms with Crippen LogP contribution in [-0.4, -0.2) is 27.4 Å². The van der Waals surface area contributed by atoms with E-state index in [1.165, 1.54) is 5.56 Å². The van der Waals surface area contributed by atoms with Crippen molar-refractivity contribution in [2.75, 3.05) is 27.4 Å². The van der Waals surface area contributed by atoms with Gasteiger partial charge in [-0.2, -0.15) is 0 Å². The molecule has 5 heteroatoms. The Morgan fingerprint density at radius 3 is 2.35 bits per heavy atom. The number of benzene rings is 2. The first-order valence-electron chi connectivity index (χ1n) is 8.96. The minimum atomic E-state index is 0.207. The average molecular weight is 357 g/mol. The van der Waals surface area contributed by atoms with Gasteiger partial charge in [0.05, 0.1) is 14.2 Å². The van der Waals surface area contributed by atoms with Crippen LogP contribution in [0.2, 0.25) is 0 Å². The lowest BCUT2D eigenvalue weighted by molar-refractivity contribution is 0.171. The van der Waals surface area contributed by atoms with Crippen LogP contribution in [0.25, 0.3) is 0 Å². The highest BCUT2D eigenvalue weighted by molar-refractivity contribution is 5.45. The Kier molecular flexibility index (Phi) is 5.89. The van der Waals surface area contributed by atoms with Gasteiger partial charge in [-0.05, 0) is 41.3 Å². The molecule has 3 rings (SSSR count). The summed E-state index contributed by atoms with van der Waals surface area (Å²) in [6, 6.07) is 12.4. The lowest BCUT2D eigenvalue weighted by atomic mass is 9.95. The molecule has 1 atom stereocenters. The molecule has 1 aliphatic rings. The molecule has 140 valence electrons. The van der Waals surface area contributed by atoms with Crippen LogP contribution in [0.15, 0.2) is 36.4 Å². The number of fused-ring (bicyclic) bond motifs is 1. The quantitative estimate of drug-likeness (QED) is 0.813. The Hall–Kier alpha value is -2.40. The Bertz CT molecular complexity index is 745. The molecule has 0 bridgehead atoms.